The van der Waals surface area contributed by atoms with Crippen LogP contribution in [-0.2, 0) is 10.8 Å². The Labute approximate surface area is 97.1 Å². The second-order valence-electron chi connectivity index (χ2n) is 3.34. The van der Waals surface area contributed by atoms with Gasteiger partial charge in [-0.2, -0.15) is 4.98 Å². The van der Waals surface area contributed by atoms with E-state index in [4.69, 9.17) is 10.5 Å². The number of nitrogen functional groups attached to an aromatic ring is 1. The first-order valence-electron chi connectivity index (χ1n) is 4.76. The van der Waals surface area contributed by atoms with Crippen LogP contribution in [0.15, 0.2) is 6.33 Å². The molecule has 0 amide bonds. The Hall–Kier alpha value is -1.37. The number of nitrogens with two attached hydrogens (primary N) is 1. The molecule has 1 heterocycles. The Morgan fingerprint density at radius 1 is 1.62 bits per heavy atom. The van der Waals surface area contributed by atoms with Gasteiger partial charge in [0.25, 0.3) is 0 Å². The smallest absolute Gasteiger partial charge is 0.242 e. The molecule has 3 N–H and O–H groups in total. The normalized spacial score (nSPS) is 14.2. The number of methoxy groups -OCH3 is 1. The Balaban J connectivity index is 2.71. The summed E-state index contributed by atoms with van der Waals surface area (Å²) in [5.41, 5.74) is 6.13. The summed E-state index contributed by atoms with van der Waals surface area (Å²) in [5.74, 6) is 0.840. The summed E-state index contributed by atoms with van der Waals surface area (Å²) in [5, 5.41) is 3.05. The third kappa shape index (κ3) is 3.06. The summed E-state index contributed by atoms with van der Waals surface area (Å²) < 4.78 is 16.1. The van der Waals surface area contributed by atoms with E-state index in [0.717, 1.165) is 0 Å². The lowest BCUT2D eigenvalue weighted by molar-refractivity contribution is 0.399. The first kappa shape index (κ1) is 12.7. The molecule has 90 valence electrons. The summed E-state index contributed by atoms with van der Waals surface area (Å²) >= 11 is 0. The molecule has 0 aliphatic carbocycles. The molecule has 0 bridgehead atoms. The number of rotatable bonds is 5. The number of hydrogen-bond donors (Lipinski definition) is 2. The molecule has 0 aliphatic heterocycles. The van der Waals surface area contributed by atoms with Gasteiger partial charge in [0, 0.05) is 28.9 Å². The highest BCUT2D eigenvalue weighted by atomic mass is 32.2. The van der Waals surface area contributed by atoms with Crippen molar-refractivity contribution in [1.29, 1.82) is 0 Å². The molecule has 1 aromatic heterocycles. The van der Waals surface area contributed by atoms with Crippen LogP contribution in [0.3, 0.4) is 0 Å². The highest BCUT2D eigenvalue weighted by molar-refractivity contribution is 7.84. The van der Waals surface area contributed by atoms with E-state index in [0.29, 0.717) is 23.9 Å². The highest BCUT2D eigenvalue weighted by Gasteiger charge is 2.10. The largest absolute Gasteiger partial charge is 0.479 e. The minimum Gasteiger partial charge on any atom is -0.479 e. The summed E-state index contributed by atoms with van der Waals surface area (Å²) in [6, 6.07) is 0. The van der Waals surface area contributed by atoms with Crippen molar-refractivity contribution in [3.63, 3.8) is 0 Å². The third-order valence-corrected chi connectivity index (χ3v) is 3.46. The van der Waals surface area contributed by atoms with Crippen molar-refractivity contribution in [3.8, 4) is 5.88 Å². The summed E-state index contributed by atoms with van der Waals surface area (Å²) in [4.78, 5) is 7.85. The molecule has 0 saturated heterocycles. The van der Waals surface area contributed by atoms with Crippen LogP contribution in [0.1, 0.15) is 6.92 Å². The highest BCUT2D eigenvalue weighted by Crippen LogP contribution is 2.23. The molecule has 0 spiro atoms. The van der Waals surface area contributed by atoms with Crippen LogP contribution in [0.2, 0.25) is 0 Å². The van der Waals surface area contributed by atoms with Crippen LogP contribution in [0.5, 0.6) is 5.88 Å². The topological polar surface area (TPSA) is 90.1 Å². The first-order chi connectivity index (χ1) is 7.56. The van der Waals surface area contributed by atoms with Crippen molar-refractivity contribution in [2.75, 3.05) is 31.0 Å². The van der Waals surface area contributed by atoms with Crippen molar-refractivity contribution < 1.29 is 8.95 Å². The van der Waals surface area contributed by atoms with E-state index in [1.54, 1.807) is 6.26 Å². The zero-order valence-corrected chi connectivity index (χ0v) is 10.4. The average Bonchev–Trinajstić information content (AvgIpc) is 2.27. The quantitative estimate of drug-likeness (QED) is 0.771. The molecule has 2 atom stereocenters. The van der Waals surface area contributed by atoms with Crippen molar-refractivity contribution in [2.45, 2.75) is 12.2 Å². The van der Waals surface area contributed by atoms with Crippen molar-refractivity contribution in [3.05, 3.63) is 6.33 Å². The maximum atomic E-state index is 11.2. The Morgan fingerprint density at radius 2 is 2.31 bits per heavy atom. The van der Waals surface area contributed by atoms with Crippen LogP contribution >= 0.6 is 0 Å². The fraction of sp³-hybridized carbons (Fsp3) is 0.556. The van der Waals surface area contributed by atoms with E-state index in [1.807, 2.05) is 6.92 Å². The zero-order valence-electron chi connectivity index (χ0n) is 9.56. The molecule has 0 aromatic carbocycles. The molecular formula is C9H16N4O2S. The summed E-state index contributed by atoms with van der Waals surface area (Å²) in [6.07, 6.45) is 3.03. The van der Waals surface area contributed by atoms with Gasteiger partial charge < -0.3 is 15.8 Å². The molecule has 0 saturated carbocycles. The summed E-state index contributed by atoms with van der Waals surface area (Å²) in [7, 11) is 0.617. The molecule has 2 unspecified atom stereocenters. The zero-order chi connectivity index (χ0) is 12.1. The molecule has 0 aliphatic rings. The summed E-state index contributed by atoms with van der Waals surface area (Å²) in [6.45, 7) is 2.42. The Bertz CT molecular complexity index is 386. The van der Waals surface area contributed by atoms with E-state index >= 15 is 0 Å². The number of anilines is 2. The van der Waals surface area contributed by atoms with Crippen LogP contribution < -0.4 is 15.8 Å². The van der Waals surface area contributed by atoms with Crippen molar-refractivity contribution in [1.82, 2.24) is 9.97 Å². The van der Waals surface area contributed by atoms with Gasteiger partial charge in [-0.15, -0.1) is 0 Å². The van der Waals surface area contributed by atoms with Gasteiger partial charge in [0.15, 0.2) is 5.82 Å². The van der Waals surface area contributed by atoms with E-state index in [-0.39, 0.29) is 5.25 Å². The fourth-order valence-electron chi connectivity index (χ4n) is 1.04. The van der Waals surface area contributed by atoms with Gasteiger partial charge >= 0.3 is 0 Å². The van der Waals surface area contributed by atoms with Crippen LogP contribution in [-0.4, -0.2) is 39.3 Å². The lowest BCUT2D eigenvalue weighted by Gasteiger charge is -2.12. The van der Waals surface area contributed by atoms with Gasteiger partial charge in [0.2, 0.25) is 5.88 Å². The van der Waals surface area contributed by atoms with Crippen molar-refractivity contribution in [2.24, 2.45) is 0 Å². The molecular weight excluding hydrogens is 228 g/mol. The van der Waals surface area contributed by atoms with Gasteiger partial charge in [-0.05, 0) is 6.92 Å². The minimum absolute atomic E-state index is 0.0281. The lowest BCUT2D eigenvalue weighted by atomic mass is 10.4. The molecule has 16 heavy (non-hydrogen) atoms. The molecule has 0 fully saturated rings. The standard InChI is InChI=1S/C9H16N4O2S/c1-6(16(3)14)4-11-8-7(10)9(15-2)13-5-12-8/h5-6H,4,10H2,1-3H3,(H,11,12,13). The van der Waals surface area contributed by atoms with Gasteiger partial charge in [-0.3, -0.25) is 4.21 Å². The number of nitrogens with one attached hydrogen (secondary N) is 1. The molecule has 1 rings (SSSR count). The van der Waals surface area contributed by atoms with Gasteiger partial charge in [-0.25, -0.2) is 4.98 Å². The second-order valence-corrected chi connectivity index (χ2v) is 5.14. The van der Waals surface area contributed by atoms with Gasteiger partial charge in [0.05, 0.1) is 7.11 Å². The maximum absolute atomic E-state index is 11.2. The predicted molar refractivity (Wildman–Crippen MR) is 65.0 cm³/mol. The fourth-order valence-corrected chi connectivity index (χ4v) is 1.36. The molecule has 0 radical (unpaired) electrons. The minimum atomic E-state index is -0.876. The molecule has 6 nitrogen and oxygen atoms in total. The van der Waals surface area contributed by atoms with Crippen molar-refractivity contribution >= 4 is 22.3 Å². The molecule has 1 aromatic rings. The first-order valence-corrected chi connectivity index (χ1v) is 6.39. The lowest BCUT2D eigenvalue weighted by Crippen LogP contribution is -2.21. The van der Waals surface area contributed by atoms with Gasteiger partial charge in [-0.1, -0.05) is 0 Å². The maximum Gasteiger partial charge on any atom is 0.242 e. The Kier molecular flexibility index (Phi) is 4.48. The van der Waals surface area contributed by atoms with Crippen LogP contribution in [0.4, 0.5) is 11.5 Å². The van der Waals surface area contributed by atoms with Crippen LogP contribution in [0, 0.1) is 0 Å². The monoisotopic (exact) mass is 244 g/mol. The number of aromatic nitrogens is 2. The number of nitrogens with zero attached hydrogens (tertiary/aromatic N) is 2. The third-order valence-electron chi connectivity index (χ3n) is 2.16. The Morgan fingerprint density at radius 3 is 2.88 bits per heavy atom. The van der Waals surface area contributed by atoms with E-state index < -0.39 is 10.8 Å². The van der Waals surface area contributed by atoms with E-state index in [1.165, 1.54) is 13.4 Å². The van der Waals surface area contributed by atoms with E-state index in [2.05, 4.69) is 15.3 Å². The number of hydrogen-bond acceptors (Lipinski definition) is 6. The average molecular weight is 244 g/mol. The predicted octanol–water partition coefficient (Wildman–Crippen LogP) is 0.246. The SMILES string of the molecule is COc1ncnc(NCC(C)S(C)=O)c1N. The van der Waals surface area contributed by atoms with Crippen LogP contribution in [0.25, 0.3) is 0 Å². The van der Waals surface area contributed by atoms with E-state index in [9.17, 15) is 4.21 Å². The van der Waals surface area contributed by atoms with Gasteiger partial charge in [0.1, 0.15) is 12.0 Å². The molecule has 7 heteroatoms. The second kappa shape index (κ2) is 5.64. The number of ether oxygens (including phenoxy) is 1.